The zero-order valence-electron chi connectivity index (χ0n) is 11.5. The smallest absolute Gasteiger partial charge is 0.134 e. The molecule has 2 aromatic rings. The van der Waals surface area contributed by atoms with Gasteiger partial charge in [-0.15, -0.1) is 0 Å². The Morgan fingerprint density at radius 2 is 1.63 bits per heavy atom. The first-order valence-corrected chi connectivity index (χ1v) is 6.70. The van der Waals surface area contributed by atoms with Crippen LogP contribution in [0.5, 0.6) is 0 Å². The van der Waals surface area contributed by atoms with Crippen LogP contribution >= 0.6 is 0 Å². The van der Waals surface area contributed by atoms with Crippen molar-refractivity contribution in [2.24, 2.45) is 0 Å². The summed E-state index contributed by atoms with van der Waals surface area (Å²) in [5.41, 5.74) is 2.38. The van der Waals surface area contributed by atoms with E-state index in [-0.39, 0.29) is 0 Å². The van der Waals surface area contributed by atoms with Crippen molar-refractivity contribution < 1.29 is 0 Å². The molecule has 1 heterocycles. The van der Waals surface area contributed by atoms with Crippen LogP contribution in [0.25, 0.3) is 0 Å². The predicted octanol–water partition coefficient (Wildman–Crippen LogP) is 3.08. The van der Waals surface area contributed by atoms with Crippen molar-refractivity contribution in [2.45, 2.75) is 26.8 Å². The fraction of sp³-hybridized carbons (Fsp3) is 0.333. The van der Waals surface area contributed by atoms with E-state index >= 15 is 0 Å². The molecule has 2 N–H and O–H groups in total. The summed E-state index contributed by atoms with van der Waals surface area (Å²) in [6.45, 7) is 5.82. The van der Waals surface area contributed by atoms with Gasteiger partial charge in [0.15, 0.2) is 0 Å². The van der Waals surface area contributed by atoms with Crippen LogP contribution < -0.4 is 10.6 Å². The molecule has 1 aromatic carbocycles. The summed E-state index contributed by atoms with van der Waals surface area (Å²) in [6, 6.07) is 10.3. The standard InChI is InChI=1S/C15H20N4/c1-3-13-14(16-4-2)18-11-19-15(13)17-10-12-8-6-5-7-9-12/h5-9,11H,3-4,10H2,1-2H3,(H2,16,17,18,19). The molecular weight excluding hydrogens is 236 g/mol. The predicted molar refractivity (Wildman–Crippen MR) is 79.3 cm³/mol. The van der Waals surface area contributed by atoms with E-state index in [1.54, 1.807) is 6.33 Å². The van der Waals surface area contributed by atoms with Crippen molar-refractivity contribution >= 4 is 11.6 Å². The van der Waals surface area contributed by atoms with Gasteiger partial charge in [0.05, 0.1) is 0 Å². The lowest BCUT2D eigenvalue weighted by Gasteiger charge is -2.13. The maximum Gasteiger partial charge on any atom is 0.134 e. The number of benzene rings is 1. The van der Waals surface area contributed by atoms with E-state index in [1.807, 2.05) is 18.2 Å². The number of anilines is 2. The molecule has 0 aliphatic heterocycles. The first-order chi connectivity index (χ1) is 9.35. The average Bonchev–Trinajstić information content (AvgIpc) is 2.46. The third-order valence-corrected chi connectivity index (χ3v) is 2.95. The lowest BCUT2D eigenvalue weighted by atomic mass is 10.2. The van der Waals surface area contributed by atoms with Gasteiger partial charge in [0.2, 0.25) is 0 Å². The maximum absolute atomic E-state index is 4.35. The second kappa shape index (κ2) is 6.73. The molecule has 0 aliphatic rings. The topological polar surface area (TPSA) is 49.8 Å². The molecule has 0 unspecified atom stereocenters. The van der Waals surface area contributed by atoms with Crippen molar-refractivity contribution in [3.63, 3.8) is 0 Å². The molecule has 0 atom stereocenters. The molecule has 0 saturated heterocycles. The molecule has 1 aromatic heterocycles. The number of nitrogens with one attached hydrogen (secondary N) is 2. The molecule has 0 bridgehead atoms. The van der Waals surface area contributed by atoms with E-state index in [1.165, 1.54) is 5.56 Å². The Hall–Kier alpha value is -2.10. The molecule has 0 amide bonds. The molecule has 0 spiro atoms. The minimum Gasteiger partial charge on any atom is -0.370 e. The van der Waals surface area contributed by atoms with Gasteiger partial charge in [-0.1, -0.05) is 37.3 Å². The van der Waals surface area contributed by atoms with E-state index in [9.17, 15) is 0 Å². The summed E-state index contributed by atoms with van der Waals surface area (Å²) in [5.74, 6) is 1.84. The van der Waals surface area contributed by atoms with E-state index in [0.717, 1.165) is 36.7 Å². The molecule has 0 saturated carbocycles. The van der Waals surface area contributed by atoms with Crippen LogP contribution in [0.2, 0.25) is 0 Å². The van der Waals surface area contributed by atoms with Gasteiger partial charge >= 0.3 is 0 Å². The van der Waals surface area contributed by atoms with Gasteiger partial charge in [0.25, 0.3) is 0 Å². The second-order valence-corrected chi connectivity index (χ2v) is 4.27. The van der Waals surface area contributed by atoms with Gasteiger partial charge < -0.3 is 10.6 Å². The third kappa shape index (κ3) is 3.44. The number of nitrogens with zero attached hydrogens (tertiary/aromatic N) is 2. The van der Waals surface area contributed by atoms with Gasteiger partial charge in [-0.3, -0.25) is 0 Å². The van der Waals surface area contributed by atoms with E-state index in [2.05, 4.69) is 46.6 Å². The zero-order valence-corrected chi connectivity index (χ0v) is 11.5. The summed E-state index contributed by atoms with van der Waals surface area (Å²) in [4.78, 5) is 8.64. The van der Waals surface area contributed by atoms with E-state index < -0.39 is 0 Å². The van der Waals surface area contributed by atoms with Crippen molar-refractivity contribution in [1.82, 2.24) is 9.97 Å². The summed E-state index contributed by atoms with van der Waals surface area (Å²) in [7, 11) is 0. The first-order valence-electron chi connectivity index (χ1n) is 6.70. The van der Waals surface area contributed by atoms with Crippen LogP contribution in [0.4, 0.5) is 11.6 Å². The minimum atomic E-state index is 0.774. The van der Waals surface area contributed by atoms with Crippen LogP contribution in [0.1, 0.15) is 25.0 Å². The monoisotopic (exact) mass is 256 g/mol. The number of hydrogen-bond acceptors (Lipinski definition) is 4. The molecule has 0 fully saturated rings. The molecule has 4 heteroatoms. The number of aromatic nitrogens is 2. The Kier molecular flexibility index (Phi) is 4.72. The van der Waals surface area contributed by atoms with Crippen molar-refractivity contribution in [3.8, 4) is 0 Å². The van der Waals surface area contributed by atoms with Crippen molar-refractivity contribution in [3.05, 3.63) is 47.8 Å². The second-order valence-electron chi connectivity index (χ2n) is 4.27. The molecular formula is C15H20N4. The van der Waals surface area contributed by atoms with Crippen LogP contribution in [0.15, 0.2) is 36.7 Å². The Labute approximate surface area is 114 Å². The Balaban J connectivity index is 2.13. The van der Waals surface area contributed by atoms with Gasteiger partial charge in [-0.05, 0) is 18.9 Å². The fourth-order valence-electron chi connectivity index (χ4n) is 2.00. The number of rotatable bonds is 6. The lowest BCUT2D eigenvalue weighted by molar-refractivity contribution is 1.000. The zero-order chi connectivity index (χ0) is 13.5. The van der Waals surface area contributed by atoms with Crippen LogP contribution in [-0.2, 0) is 13.0 Å². The summed E-state index contributed by atoms with van der Waals surface area (Å²) >= 11 is 0. The quantitative estimate of drug-likeness (QED) is 0.834. The number of hydrogen-bond donors (Lipinski definition) is 2. The molecule has 0 radical (unpaired) electrons. The van der Waals surface area contributed by atoms with Crippen molar-refractivity contribution in [1.29, 1.82) is 0 Å². The normalized spacial score (nSPS) is 10.2. The Morgan fingerprint density at radius 3 is 2.26 bits per heavy atom. The van der Waals surface area contributed by atoms with Crippen LogP contribution in [-0.4, -0.2) is 16.5 Å². The fourth-order valence-corrected chi connectivity index (χ4v) is 2.00. The van der Waals surface area contributed by atoms with Crippen LogP contribution in [0, 0.1) is 0 Å². The first kappa shape index (κ1) is 13.3. The van der Waals surface area contributed by atoms with Gasteiger partial charge in [-0.25, -0.2) is 9.97 Å². The molecule has 4 nitrogen and oxygen atoms in total. The average molecular weight is 256 g/mol. The Morgan fingerprint density at radius 1 is 0.947 bits per heavy atom. The van der Waals surface area contributed by atoms with Gasteiger partial charge in [-0.2, -0.15) is 0 Å². The SMILES string of the molecule is CCNc1ncnc(NCc2ccccc2)c1CC. The van der Waals surface area contributed by atoms with Crippen LogP contribution in [0.3, 0.4) is 0 Å². The summed E-state index contributed by atoms with van der Waals surface area (Å²) < 4.78 is 0. The largest absolute Gasteiger partial charge is 0.370 e. The highest BCUT2D eigenvalue weighted by atomic mass is 15.1. The molecule has 19 heavy (non-hydrogen) atoms. The van der Waals surface area contributed by atoms with Gasteiger partial charge in [0, 0.05) is 18.7 Å². The molecule has 0 aliphatic carbocycles. The third-order valence-electron chi connectivity index (χ3n) is 2.95. The highest BCUT2D eigenvalue weighted by Crippen LogP contribution is 2.20. The lowest BCUT2D eigenvalue weighted by Crippen LogP contribution is -2.09. The van der Waals surface area contributed by atoms with E-state index in [4.69, 9.17) is 0 Å². The molecule has 100 valence electrons. The summed E-state index contributed by atoms with van der Waals surface area (Å²) in [5, 5.41) is 6.66. The van der Waals surface area contributed by atoms with Gasteiger partial charge in [0.1, 0.15) is 18.0 Å². The molecule has 2 rings (SSSR count). The minimum absolute atomic E-state index is 0.774. The maximum atomic E-state index is 4.35. The summed E-state index contributed by atoms with van der Waals surface area (Å²) in [6.07, 6.45) is 2.50. The highest BCUT2D eigenvalue weighted by Gasteiger charge is 2.08. The van der Waals surface area contributed by atoms with E-state index in [0.29, 0.717) is 0 Å². The Bertz CT molecular complexity index is 511. The van der Waals surface area contributed by atoms with Crippen molar-refractivity contribution in [2.75, 3.05) is 17.2 Å². The highest BCUT2D eigenvalue weighted by molar-refractivity contribution is 5.57.